The largest absolute Gasteiger partial charge is 0.490 e. The monoisotopic (exact) mass is 566 g/mol. The predicted octanol–water partition coefficient (Wildman–Crippen LogP) is 7.00. The van der Waals surface area contributed by atoms with Crippen LogP contribution in [0, 0.1) is 13.8 Å². The Hall–Kier alpha value is -3.10. The summed E-state index contributed by atoms with van der Waals surface area (Å²) in [5.41, 5.74) is 6.09. The number of pyridine rings is 1. The third kappa shape index (κ3) is 5.12. The molecule has 1 aliphatic rings. The van der Waals surface area contributed by atoms with E-state index in [-0.39, 0.29) is 12.1 Å². The Morgan fingerprint density at radius 1 is 0.974 bits per heavy atom. The highest BCUT2D eigenvalue weighted by Gasteiger charge is 2.42. The summed E-state index contributed by atoms with van der Waals surface area (Å²) in [5.74, 6) is 0.600. The Kier molecular flexibility index (Phi) is 7.91. The first-order chi connectivity index (χ1) is 18.4. The van der Waals surface area contributed by atoms with Gasteiger partial charge in [0.05, 0.1) is 29.4 Å². The van der Waals surface area contributed by atoms with Crippen molar-refractivity contribution in [3.8, 4) is 11.4 Å². The van der Waals surface area contributed by atoms with Gasteiger partial charge in [-0.15, -0.1) is 0 Å². The highest BCUT2D eigenvalue weighted by molar-refractivity contribution is 7.80. The Bertz CT molecular complexity index is 1460. The molecule has 0 saturated carbocycles. The van der Waals surface area contributed by atoms with E-state index in [1.54, 1.807) is 13.3 Å². The van der Waals surface area contributed by atoms with Crippen molar-refractivity contribution in [3.63, 3.8) is 0 Å². The molecule has 6 nitrogen and oxygen atoms in total. The molecule has 0 bridgehead atoms. The number of aryl methyl sites for hydroxylation is 1. The van der Waals surface area contributed by atoms with Crippen LogP contribution in [0.15, 0.2) is 72.9 Å². The van der Waals surface area contributed by atoms with Crippen LogP contribution in [-0.2, 0) is 4.74 Å². The van der Waals surface area contributed by atoms with Crippen molar-refractivity contribution in [2.24, 2.45) is 0 Å². The number of methoxy groups -OCH3 is 1. The van der Waals surface area contributed by atoms with Crippen LogP contribution in [0.3, 0.4) is 0 Å². The van der Waals surface area contributed by atoms with Gasteiger partial charge in [0.25, 0.3) is 0 Å². The number of nitrogens with zero attached hydrogens (tertiary/aromatic N) is 3. The normalized spacial score (nSPS) is 17.1. The van der Waals surface area contributed by atoms with E-state index in [2.05, 4.69) is 45.7 Å². The molecule has 5 rings (SSSR count). The fraction of sp³-hybridized carbons (Fsp3) is 0.241. The third-order valence-corrected chi connectivity index (χ3v) is 7.54. The molecule has 2 atom stereocenters. The maximum absolute atomic E-state index is 6.65. The van der Waals surface area contributed by atoms with Gasteiger partial charge < -0.3 is 24.3 Å². The van der Waals surface area contributed by atoms with Crippen molar-refractivity contribution >= 4 is 46.2 Å². The molecule has 1 aliphatic heterocycles. The van der Waals surface area contributed by atoms with E-state index in [1.165, 1.54) is 0 Å². The van der Waals surface area contributed by atoms with Gasteiger partial charge in [-0.05, 0) is 86.2 Å². The summed E-state index contributed by atoms with van der Waals surface area (Å²) in [5, 5.41) is 5.32. The van der Waals surface area contributed by atoms with Crippen LogP contribution < -0.4 is 15.0 Å². The van der Waals surface area contributed by atoms with Gasteiger partial charge in [-0.1, -0.05) is 35.3 Å². The summed E-state index contributed by atoms with van der Waals surface area (Å²) < 4.78 is 13.1. The molecule has 9 heteroatoms. The Morgan fingerprint density at radius 2 is 1.82 bits per heavy atom. The van der Waals surface area contributed by atoms with Gasteiger partial charge in [0.2, 0.25) is 0 Å². The first-order valence-corrected chi connectivity index (χ1v) is 13.4. The molecule has 0 radical (unpaired) electrons. The van der Waals surface area contributed by atoms with Crippen LogP contribution in [-0.4, -0.2) is 35.0 Å². The molecule has 2 aromatic heterocycles. The maximum Gasteiger partial charge on any atom is 0.174 e. The average molecular weight is 568 g/mol. The topological polar surface area (TPSA) is 51.6 Å². The van der Waals surface area contributed by atoms with Crippen molar-refractivity contribution in [1.29, 1.82) is 0 Å². The van der Waals surface area contributed by atoms with Gasteiger partial charge in [0.1, 0.15) is 12.4 Å². The molecule has 3 heterocycles. The average Bonchev–Trinajstić information content (AvgIpc) is 3.40. The Balaban J connectivity index is 1.61. The number of ether oxygens (including phenoxy) is 2. The van der Waals surface area contributed by atoms with E-state index >= 15 is 0 Å². The molecule has 1 N–H and O–H groups in total. The van der Waals surface area contributed by atoms with Crippen molar-refractivity contribution in [1.82, 2.24) is 14.9 Å². The number of halogens is 2. The quantitative estimate of drug-likeness (QED) is 0.183. The molecule has 38 heavy (non-hydrogen) atoms. The number of hydrogen-bond acceptors (Lipinski definition) is 4. The fourth-order valence-corrected chi connectivity index (χ4v) is 5.80. The number of nitrogens with one attached hydrogen (secondary N) is 1. The molecule has 0 spiro atoms. The SMILES string of the molecule is COCCOc1ccc(N2C(=S)NC(c3ccccn3)C2c2cc(C)n(-c3cccc(Cl)c3)c2C)cc1Cl. The summed E-state index contributed by atoms with van der Waals surface area (Å²) in [4.78, 5) is 6.78. The van der Waals surface area contributed by atoms with Gasteiger partial charge in [0.15, 0.2) is 5.11 Å². The second kappa shape index (κ2) is 11.3. The van der Waals surface area contributed by atoms with E-state index < -0.39 is 0 Å². The molecule has 196 valence electrons. The lowest BCUT2D eigenvalue weighted by molar-refractivity contribution is 0.146. The molecule has 0 aliphatic carbocycles. The predicted molar refractivity (Wildman–Crippen MR) is 157 cm³/mol. The molecule has 2 unspecified atom stereocenters. The van der Waals surface area contributed by atoms with E-state index in [9.17, 15) is 0 Å². The van der Waals surface area contributed by atoms with E-state index in [4.69, 9.17) is 44.9 Å². The standard InChI is InChI=1S/C29H28Cl2N4O2S/c1-18-15-23(19(2)34(18)21-8-6-7-20(30)16-21)28-27(25-9-4-5-12-32-25)33-29(38)35(28)22-10-11-26(24(31)17-22)37-14-13-36-3/h4-12,15-17,27-28H,13-14H2,1-3H3,(H,33,38). The van der Waals surface area contributed by atoms with E-state index in [1.807, 2.05) is 54.6 Å². The third-order valence-electron chi connectivity index (χ3n) is 6.69. The minimum atomic E-state index is -0.173. The van der Waals surface area contributed by atoms with Gasteiger partial charge in [-0.2, -0.15) is 0 Å². The van der Waals surface area contributed by atoms with Crippen LogP contribution in [0.1, 0.15) is 34.7 Å². The van der Waals surface area contributed by atoms with Crippen LogP contribution >= 0.6 is 35.4 Å². The van der Waals surface area contributed by atoms with Crippen LogP contribution in [0.4, 0.5) is 5.69 Å². The first-order valence-electron chi connectivity index (χ1n) is 12.3. The number of aromatic nitrogens is 2. The lowest BCUT2D eigenvalue weighted by atomic mass is 9.96. The van der Waals surface area contributed by atoms with Crippen LogP contribution in [0.5, 0.6) is 5.75 Å². The molecule has 0 amide bonds. The second-order valence-corrected chi connectivity index (χ2v) is 10.3. The smallest absolute Gasteiger partial charge is 0.174 e. The zero-order valence-electron chi connectivity index (χ0n) is 21.3. The highest BCUT2D eigenvalue weighted by atomic mass is 35.5. The first kappa shape index (κ1) is 26.5. The molecular weight excluding hydrogens is 539 g/mol. The van der Waals surface area contributed by atoms with Crippen LogP contribution in [0.2, 0.25) is 10.0 Å². The zero-order valence-corrected chi connectivity index (χ0v) is 23.6. The van der Waals surface area contributed by atoms with Gasteiger partial charge in [-0.25, -0.2) is 0 Å². The van der Waals surface area contributed by atoms with Crippen molar-refractivity contribution in [2.45, 2.75) is 25.9 Å². The summed E-state index contributed by atoms with van der Waals surface area (Å²) in [7, 11) is 1.64. The Morgan fingerprint density at radius 3 is 2.53 bits per heavy atom. The lowest BCUT2D eigenvalue weighted by Gasteiger charge is -2.28. The summed E-state index contributed by atoms with van der Waals surface area (Å²) in [6.45, 7) is 5.12. The second-order valence-electron chi connectivity index (χ2n) is 9.09. The number of rotatable bonds is 8. The van der Waals surface area contributed by atoms with E-state index in [0.29, 0.717) is 34.1 Å². The minimum absolute atomic E-state index is 0.173. The van der Waals surface area contributed by atoms with Gasteiger partial charge in [0, 0.05) is 41.1 Å². The van der Waals surface area contributed by atoms with Crippen molar-refractivity contribution in [3.05, 3.63) is 106 Å². The molecule has 1 saturated heterocycles. The number of hydrogen-bond donors (Lipinski definition) is 1. The molecular formula is C29H28Cl2N4O2S. The molecule has 4 aromatic rings. The Labute approximate surface area is 238 Å². The van der Waals surface area contributed by atoms with E-state index in [0.717, 1.165) is 34.0 Å². The summed E-state index contributed by atoms with van der Waals surface area (Å²) >= 11 is 18.9. The summed E-state index contributed by atoms with van der Waals surface area (Å²) in [6, 6.07) is 21.4. The zero-order chi connectivity index (χ0) is 26.8. The molecule has 2 aromatic carbocycles. The van der Waals surface area contributed by atoms with Gasteiger partial charge >= 0.3 is 0 Å². The highest BCUT2D eigenvalue weighted by Crippen LogP contribution is 2.45. The number of benzene rings is 2. The minimum Gasteiger partial charge on any atom is -0.490 e. The lowest BCUT2D eigenvalue weighted by Crippen LogP contribution is -2.29. The summed E-state index contributed by atoms with van der Waals surface area (Å²) in [6.07, 6.45) is 1.80. The van der Waals surface area contributed by atoms with Crippen LogP contribution in [0.25, 0.3) is 5.69 Å². The van der Waals surface area contributed by atoms with Crippen molar-refractivity contribution in [2.75, 3.05) is 25.2 Å². The maximum atomic E-state index is 6.65. The molecule has 1 fully saturated rings. The number of anilines is 1. The van der Waals surface area contributed by atoms with Gasteiger partial charge in [-0.3, -0.25) is 4.98 Å². The fourth-order valence-electron chi connectivity index (χ4n) is 5.04. The van der Waals surface area contributed by atoms with Crippen molar-refractivity contribution < 1.29 is 9.47 Å². The number of thiocarbonyl (C=S) groups is 1.